The first-order chi connectivity index (χ1) is 11.7. The van der Waals surface area contributed by atoms with Crippen LogP contribution in [0.3, 0.4) is 0 Å². The van der Waals surface area contributed by atoms with Crippen molar-refractivity contribution in [2.24, 2.45) is 5.92 Å². The summed E-state index contributed by atoms with van der Waals surface area (Å²) < 4.78 is 16.2. The lowest BCUT2D eigenvalue weighted by molar-refractivity contribution is 0.0938. The highest BCUT2D eigenvalue weighted by atomic mass is 16.5. The first-order valence-electron chi connectivity index (χ1n) is 7.92. The molecule has 5 heteroatoms. The summed E-state index contributed by atoms with van der Waals surface area (Å²) in [6, 6.07) is 13.2. The van der Waals surface area contributed by atoms with Crippen molar-refractivity contribution in [3.63, 3.8) is 0 Å². The van der Waals surface area contributed by atoms with Gasteiger partial charge in [-0.2, -0.15) is 0 Å². The van der Waals surface area contributed by atoms with Crippen LogP contribution < -0.4 is 19.5 Å². The molecular weight excluding hydrogens is 306 g/mol. The number of nitrogens with one attached hydrogen (secondary N) is 1. The van der Waals surface area contributed by atoms with Crippen molar-refractivity contribution in [3.8, 4) is 17.2 Å². The number of carbonyl (C=O) groups excluding carboxylic acids is 1. The number of amides is 1. The fourth-order valence-electron chi connectivity index (χ4n) is 2.84. The minimum Gasteiger partial charge on any atom is -0.493 e. The summed E-state index contributed by atoms with van der Waals surface area (Å²) in [6.45, 7) is 1.19. The molecule has 1 amide bonds. The monoisotopic (exact) mass is 327 g/mol. The second-order valence-corrected chi connectivity index (χ2v) is 5.77. The molecule has 0 spiro atoms. The summed E-state index contributed by atoms with van der Waals surface area (Å²) in [4.78, 5) is 12.4. The van der Waals surface area contributed by atoms with Gasteiger partial charge in [0.05, 0.1) is 20.8 Å². The Morgan fingerprint density at radius 3 is 2.75 bits per heavy atom. The average Bonchev–Trinajstić information content (AvgIpc) is 2.65. The zero-order chi connectivity index (χ0) is 16.9. The van der Waals surface area contributed by atoms with Gasteiger partial charge in [-0.25, -0.2) is 0 Å². The molecule has 0 aromatic heterocycles. The summed E-state index contributed by atoms with van der Waals surface area (Å²) in [5.74, 6) is 2.23. The predicted octanol–water partition coefficient (Wildman–Crippen LogP) is 2.68. The lowest BCUT2D eigenvalue weighted by Gasteiger charge is -2.25. The normalized spacial score (nSPS) is 15.8. The number of carbonyl (C=O) groups is 1. The smallest absolute Gasteiger partial charge is 0.251 e. The molecule has 0 radical (unpaired) electrons. The predicted molar refractivity (Wildman–Crippen MR) is 91.0 cm³/mol. The zero-order valence-corrected chi connectivity index (χ0v) is 13.9. The van der Waals surface area contributed by atoms with Crippen molar-refractivity contribution in [2.45, 2.75) is 6.42 Å². The Bertz CT molecular complexity index is 729. The second-order valence-electron chi connectivity index (χ2n) is 5.77. The van der Waals surface area contributed by atoms with Crippen LogP contribution in [0, 0.1) is 5.92 Å². The van der Waals surface area contributed by atoms with Crippen molar-refractivity contribution in [2.75, 3.05) is 27.4 Å². The summed E-state index contributed by atoms with van der Waals surface area (Å²) in [6.07, 6.45) is 0.905. The summed E-state index contributed by atoms with van der Waals surface area (Å²) in [5.41, 5.74) is 1.74. The Morgan fingerprint density at radius 1 is 1.17 bits per heavy atom. The van der Waals surface area contributed by atoms with Gasteiger partial charge in [0.1, 0.15) is 5.75 Å². The van der Waals surface area contributed by atoms with Crippen molar-refractivity contribution < 1.29 is 19.0 Å². The molecule has 5 nitrogen and oxygen atoms in total. The van der Waals surface area contributed by atoms with Crippen molar-refractivity contribution in [3.05, 3.63) is 53.6 Å². The maximum atomic E-state index is 12.4. The molecule has 24 heavy (non-hydrogen) atoms. The van der Waals surface area contributed by atoms with Gasteiger partial charge in [-0.1, -0.05) is 18.2 Å². The second kappa shape index (κ2) is 7.25. The van der Waals surface area contributed by atoms with E-state index in [4.69, 9.17) is 14.2 Å². The van der Waals surface area contributed by atoms with Gasteiger partial charge in [-0.05, 0) is 36.2 Å². The quantitative estimate of drug-likeness (QED) is 0.917. The molecule has 1 heterocycles. The van der Waals surface area contributed by atoms with Crippen LogP contribution >= 0.6 is 0 Å². The number of hydrogen-bond donors (Lipinski definition) is 1. The van der Waals surface area contributed by atoms with Gasteiger partial charge in [-0.3, -0.25) is 4.79 Å². The third-order valence-electron chi connectivity index (χ3n) is 4.15. The number of fused-ring (bicyclic) bond motifs is 1. The van der Waals surface area contributed by atoms with Crippen molar-refractivity contribution in [1.29, 1.82) is 0 Å². The number of ether oxygens (including phenoxy) is 3. The minimum atomic E-state index is -0.130. The first kappa shape index (κ1) is 16.2. The Labute approximate surface area is 141 Å². The molecule has 0 saturated carbocycles. The summed E-state index contributed by atoms with van der Waals surface area (Å²) >= 11 is 0. The zero-order valence-electron chi connectivity index (χ0n) is 13.9. The highest BCUT2D eigenvalue weighted by Gasteiger charge is 2.20. The maximum absolute atomic E-state index is 12.4. The fourth-order valence-corrected chi connectivity index (χ4v) is 2.84. The molecule has 0 fully saturated rings. The standard InChI is InChI=1S/C19H21NO4/c1-22-17-8-7-15(10-18(17)23-2)19(21)20-11-13-9-14-5-3-4-6-16(14)24-12-13/h3-8,10,13H,9,11-12H2,1-2H3,(H,20,21). The van der Waals surface area contributed by atoms with Crippen LogP contribution in [0.15, 0.2) is 42.5 Å². The van der Waals surface area contributed by atoms with E-state index in [-0.39, 0.29) is 11.8 Å². The molecule has 1 unspecified atom stereocenters. The molecule has 0 aliphatic carbocycles. The van der Waals surface area contributed by atoms with Gasteiger partial charge in [0, 0.05) is 18.0 Å². The van der Waals surface area contributed by atoms with Crippen LogP contribution in [0.25, 0.3) is 0 Å². The van der Waals surface area contributed by atoms with E-state index in [1.807, 2.05) is 18.2 Å². The highest BCUT2D eigenvalue weighted by Crippen LogP contribution is 2.28. The van der Waals surface area contributed by atoms with Crippen LogP contribution in [-0.4, -0.2) is 33.3 Å². The van der Waals surface area contributed by atoms with E-state index < -0.39 is 0 Å². The Morgan fingerprint density at radius 2 is 1.96 bits per heavy atom. The van der Waals surface area contributed by atoms with Crippen LogP contribution in [0.4, 0.5) is 0 Å². The number of methoxy groups -OCH3 is 2. The van der Waals surface area contributed by atoms with Crippen LogP contribution in [0.1, 0.15) is 15.9 Å². The number of benzene rings is 2. The molecule has 1 aliphatic rings. The van der Waals surface area contributed by atoms with Crippen LogP contribution in [-0.2, 0) is 6.42 Å². The van der Waals surface area contributed by atoms with Crippen LogP contribution in [0.5, 0.6) is 17.2 Å². The average molecular weight is 327 g/mol. The molecule has 1 atom stereocenters. The molecule has 2 aromatic rings. The third-order valence-corrected chi connectivity index (χ3v) is 4.15. The lowest BCUT2D eigenvalue weighted by Crippen LogP contribution is -2.34. The first-order valence-corrected chi connectivity index (χ1v) is 7.92. The summed E-state index contributed by atoms with van der Waals surface area (Å²) in [7, 11) is 3.12. The fraction of sp³-hybridized carbons (Fsp3) is 0.316. The van der Waals surface area contributed by atoms with Gasteiger partial charge >= 0.3 is 0 Å². The molecular formula is C19H21NO4. The highest BCUT2D eigenvalue weighted by molar-refractivity contribution is 5.94. The molecule has 0 saturated heterocycles. The Balaban J connectivity index is 1.60. The number of para-hydroxylation sites is 1. The third kappa shape index (κ3) is 3.45. The van der Waals surface area contributed by atoms with E-state index in [1.165, 1.54) is 5.56 Å². The maximum Gasteiger partial charge on any atom is 0.251 e. The van der Waals surface area contributed by atoms with Crippen molar-refractivity contribution in [1.82, 2.24) is 5.32 Å². The van der Waals surface area contributed by atoms with E-state index in [1.54, 1.807) is 32.4 Å². The molecule has 0 bridgehead atoms. The minimum absolute atomic E-state index is 0.130. The van der Waals surface area contributed by atoms with Gasteiger partial charge in [0.25, 0.3) is 5.91 Å². The largest absolute Gasteiger partial charge is 0.493 e. The molecule has 126 valence electrons. The van der Waals surface area contributed by atoms with Gasteiger partial charge < -0.3 is 19.5 Å². The summed E-state index contributed by atoms with van der Waals surface area (Å²) in [5, 5.41) is 2.97. The van der Waals surface area contributed by atoms with Gasteiger partial charge in [-0.15, -0.1) is 0 Å². The Hall–Kier alpha value is -2.69. The topological polar surface area (TPSA) is 56.8 Å². The van der Waals surface area contributed by atoms with E-state index in [2.05, 4.69) is 11.4 Å². The van der Waals surface area contributed by atoms with Crippen LogP contribution in [0.2, 0.25) is 0 Å². The van der Waals surface area contributed by atoms with E-state index in [0.29, 0.717) is 30.2 Å². The molecule has 1 aliphatic heterocycles. The molecule has 2 aromatic carbocycles. The van der Waals surface area contributed by atoms with Crippen molar-refractivity contribution >= 4 is 5.91 Å². The Kier molecular flexibility index (Phi) is 4.89. The molecule has 3 rings (SSSR count). The number of hydrogen-bond acceptors (Lipinski definition) is 4. The van der Waals surface area contributed by atoms with Gasteiger partial charge in [0.15, 0.2) is 11.5 Å². The molecule has 1 N–H and O–H groups in total. The lowest BCUT2D eigenvalue weighted by atomic mass is 9.96. The van der Waals surface area contributed by atoms with E-state index in [9.17, 15) is 4.79 Å². The van der Waals surface area contributed by atoms with E-state index >= 15 is 0 Å². The SMILES string of the molecule is COc1ccc(C(=O)NCC2COc3ccccc3C2)cc1OC. The van der Waals surface area contributed by atoms with E-state index in [0.717, 1.165) is 12.2 Å². The number of rotatable bonds is 5. The van der Waals surface area contributed by atoms with Gasteiger partial charge in [0.2, 0.25) is 0 Å².